The largest absolute Gasteiger partial charge is 0.455 e. The monoisotopic (exact) mass is 701 g/mol. The molecular formula is C51H31N3O. The Kier molecular flexibility index (Phi) is 7.14. The van der Waals surface area contributed by atoms with Crippen molar-refractivity contribution in [3.05, 3.63) is 188 Å². The van der Waals surface area contributed by atoms with Gasteiger partial charge in [-0.05, 0) is 78.8 Å². The summed E-state index contributed by atoms with van der Waals surface area (Å²) in [6.07, 6.45) is 0. The van der Waals surface area contributed by atoms with Crippen LogP contribution in [-0.4, -0.2) is 15.0 Å². The number of hydrogen-bond acceptors (Lipinski definition) is 4. The molecule has 0 saturated heterocycles. The normalized spacial score (nSPS) is 11.6. The maximum Gasteiger partial charge on any atom is 0.167 e. The van der Waals surface area contributed by atoms with Crippen molar-refractivity contribution in [2.75, 3.05) is 0 Å². The second-order valence-corrected chi connectivity index (χ2v) is 13.9. The van der Waals surface area contributed by atoms with Crippen LogP contribution in [0.3, 0.4) is 0 Å². The summed E-state index contributed by atoms with van der Waals surface area (Å²) in [7, 11) is 0. The van der Waals surface area contributed by atoms with Crippen LogP contribution in [0.4, 0.5) is 0 Å². The van der Waals surface area contributed by atoms with Crippen LogP contribution in [0.25, 0.3) is 111 Å². The zero-order chi connectivity index (χ0) is 36.3. The lowest BCUT2D eigenvalue weighted by molar-refractivity contribution is 0.669. The second kappa shape index (κ2) is 12.6. The number of rotatable bonds is 5. The Morgan fingerprint density at radius 2 is 0.800 bits per heavy atom. The number of nitrogens with zero attached hydrogens (tertiary/aromatic N) is 3. The molecule has 4 nitrogen and oxygen atoms in total. The van der Waals surface area contributed by atoms with Gasteiger partial charge in [0.05, 0.1) is 5.56 Å². The molecule has 0 aliphatic rings. The molecule has 2 heterocycles. The Balaban J connectivity index is 1.18. The van der Waals surface area contributed by atoms with Crippen LogP contribution in [0.1, 0.15) is 0 Å². The lowest BCUT2D eigenvalue weighted by Crippen LogP contribution is -2.02. The summed E-state index contributed by atoms with van der Waals surface area (Å²) in [6, 6.07) is 65.7. The number of hydrogen-bond donors (Lipinski definition) is 0. The fourth-order valence-corrected chi connectivity index (χ4v) is 8.21. The van der Waals surface area contributed by atoms with Gasteiger partial charge in [0.1, 0.15) is 11.2 Å². The van der Waals surface area contributed by atoms with E-state index in [9.17, 15) is 0 Å². The molecule has 0 N–H and O–H groups in total. The molecule has 11 aromatic rings. The standard InChI is InChI=1S/C51H31N3O/c1-2-15-32(16-3-1)34-18-6-11-25-43(34)49-52-50(54-51(53-49)45-27-14-26-42-41-24-12-13-28-47(41)55-48(42)45)44-30-29-40(37-21-8-9-22-38(37)44)46-31-33-17-4-5-19-35(33)36-20-7-10-23-39(36)46/h1-31H. The highest BCUT2D eigenvalue weighted by Gasteiger charge is 2.21. The summed E-state index contributed by atoms with van der Waals surface area (Å²) < 4.78 is 6.52. The Labute approximate surface area is 317 Å². The van der Waals surface area contributed by atoms with Crippen LogP contribution in [-0.2, 0) is 0 Å². The van der Waals surface area contributed by atoms with Crippen molar-refractivity contribution in [2.45, 2.75) is 0 Å². The Bertz CT molecular complexity index is 3270. The van der Waals surface area contributed by atoms with Gasteiger partial charge in [0.25, 0.3) is 0 Å². The molecule has 9 aromatic carbocycles. The summed E-state index contributed by atoms with van der Waals surface area (Å²) >= 11 is 0. The van der Waals surface area contributed by atoms with Gasteiger partial charge < -0.3 is 4.42 Å². The Morgan fingerprint density at radius 3 is 1.58 bits per heavy atom. The molecule has 0 radical (unpaired) electrons. The molecule has 0 aliphatic carbocycles. The van der Waals surface area contributed by atoms with Gasteiger partial charge in [0, 0.05) is 21.9 Å². The first-order valence-electron chi connectivity index (χ1n) is 18.5. The molecule has 0 fully saturated rings. The first-order valence-corrected chi connectivity index (χ1v) is 18.5. The second-order valence-electron chi connectivity index (χ2n) is 13.9. The van der Waals surface area contributed by atoms with E-state index in [-0.39, 0.29) is 0 Å². The van der Waals surface area contributed by atoms with Crippen molar-refractivity contribution >= 4 is 54.3 Å². The molecule has 256 valence electrons. The van der Waals surface area contributed by atoms with Crippen LogP contribution < -0.4 is 0 Å². The summed E-state index contributed by atoms with van der Waals surface area (Å²) in [5.74, 6) is 1.75. The number of fused-ring (bicyclic) bond motifs is 7. The zero-order valence-corrected chi connectivity index (χ0v) is 29.6. The van der Waals surface area contributed by atoms with Gasteiger partial charge in [0.15, 0.2) is 17.5 Å². The van der Waals surface area contributed by atoms with E-state index < -0.39 is 0 Å². The minimum Gasteiger partial charge on any atom is -0.455 e. The molecule has 0 bridgehead atoms. The minimum atomic E-state index is 0.557. The van der Waals surface area contributed by atoms with E-state index in [1.165, 1.54) is 27.1 Å². The molecule has 0 aliphatic heterocycles. The van der Waals surface area contributed by atoms with Gasteiger partial charge >= 0.3 is 0 Å². The predicted molar refractivity (Wildman–Crippen MR) is 227 cm³/mol. The first kappa shape index (κ1) is 31.1. The van der Waals surface area contributed by atoms with Crippen molar-refractivity contribution in [3.8, 4) is 56.4 Å². The van der Waals surface area contributed by atoms with Crippen LogP contribution in [0.2, 0.25) is 0 Å². The van der Waals surface area contributed by atoms with E-state index in [1.807, 2.05) is 36.4 Å². The molecule has 0 unspecified atom stereocenters. The molecule has 2 aromatic heterocycles. The molecule has 0 spiro atoms. The third kappa shape index (κ3) is 5.11. The van der Waals surface area contributed by atoms with Crippen LogP contribution in [0.5, 0.6) is 0 Å². The number of benzene rings is 9. The molecule has 11 rings (SSSR count). The van der Waals surface area contributed by atoms with Crippen molar-refractivity contribution in [3.63, 3.8) is 0 Å². The Hall–Kier alpha value is -7.43. The van der Waals surface area contributed by atoms with Crippen LogP contribution >= 0.6 is 0 Å². The fourth-order valence-electron chi connectivity index (χ4n) is 8.21. The van der Waals surface area contributed by atoms with Crippen LogP contribution in [0, 0.1) is 0 Å². The van der Waals surface area contributed by atoms with E-state index >= 15 is 0 Å². The third-order valence-electron chi connectivity index (χ3n) is 10.8. The van der Waals surface area contributed by atoms with Gasteiger partial charge in [-0.1, -0.05) is 164 Å². The van der Waals surface area contributed by atoms with E-state index in [1.54, 1.807) is 0 Å². The topological polar surface area (TPSA) is 51.8 Å². The average molecular weight is 702 g/mol. The highest BCUT2D eigenvalue weighted by Crippen LogP contribution is 2.42. The molecule has 0 amide bonds. The first-order chi connectivity index (χ1) is 27.3. The van der Waals surface area contributed by atoms with Gasteiger partial charge in [-0.25, -0.2) is 15.0 Å². The van der Waals surface area contributed by atoms with Gasteiger partial charge in [0.2, 0.25) is 0 Å². The fraction of sp³-hybridized carbons (Fsp3) is 0. The van der Waals surface area contributed by atoms with Gasteiger partial charge in [-0.3, -0.25) is 0 Å². The van der Waals surface area contributed by atoms with Gasteiger partial charge in [-0.2, -0.15) is 0 Å². The molecule has 0 saturated carbocycles. The smallest absolute Gasteiger partial charge is 0.167 e. The van der Waals surface area contributed by atoms with Crippen LogP contribution in [0.15, 0.2) is 192 Å². The summed E-state index contributed by atoms with van der Waals surface area (Å²) in [4.78, 5) is 15.8. The van der Waals surface area contributed by atoms with E-state index in [2.05, 4.69) is 152 Å². The number of furan rings is 1. The molecule has 4 heteroatoms. The maximum absolute atomic E-state index is 6.52. The van der Waals surface area contributed by atoms with Crippen molar-refractivity contribution in [1.82, 2.24) is 15.0 Å². The van der Waals surface area contributed by atoms with E-state index in [4.69, 9.17) is 19.4 Å². The predicted octanol–water partition coefficient (Wildman–Crippen LogP) is 13.6. The van der Waals surface area contributed by atoms with Gasteiger partial charge in [-0.15, -0.1) is 0 Å². The molecule has 0 atom stereocenters. The highest BCUT2D eigenvalue weighted by molar-refractivity contribution is 6.17. The number of para-hydroxylation sites is 2. The highest BCUT2D eigenvalue weighted by atomic mass is 16.3. The summed E-state index contributed by atoms with van der Waals surface area (Å²) in [5, 5.41) is 9.22. The average Bonchev–Trinajstić information content (AvgIpc) is 3.65. The van der Waals surface area contributed by atoms with Crippen molar-refractivity contribution in [2.24, 2.45) is 0 Å². The lowest BCUT2D eigenvalue weighted by atomic mass is 9.89. The summed E-state index contributed by atoms with van der Waals surface area (Å²) in [6.45, 7) is 0. The van der Waals surface area contributed by atoms with Crippen molar-refractivity contribution in [1.29, 1.82) is 0 Å². The number of aromatic nitrogens is 3. The van der Waals surface area contributed by atoms with Crippen molar-refractivity contribution < 1.29 is 4.42 Å². The molecular weight excluding hydrogens is 671 g/mol. The quantitative estimate of drug-likeness (QED) is 0.168. The summed E-state index contributed by atoms with van der Waals surface area (Å²) in [5.41, 5.74) is 8.78. The SMILES string of the molecule is c1ccc(-c2ccccc2-c2nc(-c3ccc(-c4cc5ccccc5c5ccccc45)c4ccccc34)nc(-c3cccc4c3oc3ccccc34)n2)cc1. The van der Waals surface area contributed by atoms with E-state index in [0.29, 0.717) is 17.5 Å². The minimum absolute atomic E-state index is 0.557. The third-order valence-corrected chi connectivity index (χ3v) is 10.8. The lowest BCUT2D eigenvalue weighted by Gasteiger charge is -2.16. The molecule has 55 heavy (non-hydrogen) atoms. The Morgan fingerprint density at radius 1 is 0.291 bits per heavy atom. The van der Waals surface area contributed by atoms with E-state index in [0.717, 1.165) is 66.1 Å². The maximum atomic E-state index is 6.52. The zero-order valence-electron chi connectivity index (χ0n) is 29.6.